The Bertz CT molecular complexity index is 2190. The molecule has 0 aliphatic rings. The van der Waals surface area contributed by atoms with Crippen LogP contribution in [0.1, 0.15) is 0 Å². The van der Waals surface area contributed by atoms with E-state index in [0.717, 1.165) is 50.7 Å². The number of hydrogen-bond donors (Lipinski definition) is 0. The second-order valence-corrected chi connectivity index (χ2v) is 10.7. The second kappa shape index (κ2) is 11.0. The molecule has 206 valence electrons. The highest BCUT2D eigenvalue weighted by molar-refractivity contribution is 6.13. The van der Waals surface area contributed by atoms with Gasteiger partial charge in [0.05, 0.1) is 34.0 Å². The standard InChI is InChI=1S/C40H26N4/c1-2-10-28(11-3-1)33-26-37(43-36-21-20-29-12-4-5-13-32(29)40(33)36)30-18-16-27(17-19-30)31-24-38(34-14-6-8-22-41-34)44-39(25-31)35-15-7-9-23-42-35/h1-26H. The highest BCUT2D eigenvalue weighted by Crippen LogP contribution is 2.37. The van der Waals surface area contributed by atoms with Crippen molar-refractivity contribution in [1.82, 2.24) is 19.9 Å². The van der Waals surface area contributed by atoms with Crippen molar-refractivity contribution < 1.29 is 0 Å². The molecule has 4 aromatic heterocycles. The van der Waals surface area contributed by atoms with Gasteiger partial charge < -0.3 is 0 Å². The van der Waals surface area contributed by atoms with Crippen molar-refractivity contribution in [1.29, 1.82) is 0 Å². The van der Waals surface area contributed by atoms with E-state index in [1.807, 2.05) is 36.4 Å². The van der Waals surface area contributed by atoms with Crippen LogP contribution in [0, 0.1) is 0 Å². The lowest BCUT2D eigenvalue weighted by Crippen LogP contribution is -1.94. The van der Waals surface area contributed by atoms with Crippen molar-refractivity contribution in [2.24, 2.45) is 0 Å². The smallest absolute Gasteiger partial charge is 0.0900 e. The number of pyridine rings is 4. The minimum absolute atomic E-state index is 0.809. The average Bonchev–Trinajstić information content (AvgIpc) is 3.12. The van der Waals surface area contributed by atoms with Gasteiger partial charge in [0.25, 0.3) is 0 Å². The Kier molecular flexibility index (Phi) is 6.43. The first-order valence-electron chi connectivity index (χ1n) is 14.6. The fraction of sp³-hybridized carbons (Fsp3) is 0. The predicted octanol–water partition coefficient (Wildman–Crippen LogP) is 9.91. The predicted molar refractivity (Wildman–Crippen MR) is 180 cm³/mol. The van der Waals surface area contributed by atoms with Crippen molar-refractivity contribution >= 4 is 21.7 Å². The van der Waals surface area contributed by atoms with Gasteiger partial charge in [0, 0.05) is 23.3 Å². The van der Waals surface area contributed by atoms with Crippen LogP contribution in [-0.2, 0) is 0 Å². The summed E-state index contributed by atoms with van der Waals surface area (Å²) in [5.41, 5.74) is 10.7. The monoisotopic (exact) mass is 562 g/mol. The molecule has 4 heterocycles. The quantitative estimate of drug-likeness (QED) is 0.196. The summed E-state index contributed by atoms with van der Waals surface area (Å²) >= 11 is 0. The summed E-state index contributed by atoms with van der Waals surface area (Å²) in [7, 11) is 0. The van der Waals surface area contributed by atoms with Crippen LogP contribution >= 0.6 is 0 Å². The highest BCUT2D eigenvalue weighted by Gasteiger charge is 2.14. The van der Waals surface area contributed by atoms with Gasteiger partial charge in [-0.1, -0.05) is 97.1 Å². The normalized spacial score (nSPS) is 11.2. The van der Waals surface area contributed by atoms with E-state index in [1.165, 1.54) is 27.3 Å². The Morgan fingerprint density at radius 2 is 1.00 bits per heavy atom. The number of rotatable bonds is 5. The fourth-order valence-electron chi connectivity index (χ4n) is 5.82. The van der Waals surface area contributed by atoms with Gasteiger partial charge in [0.2, 0.25) is 0 Å². The van der Waals surface area contributed by atoms with Gasteiger partial charge in [-0.3, -0.25) is 9.97 Å². The van der Waals surface area contributed by atoms with Crippen LogP contribution in [0.3, 0.4) is 0 Å². The van der Waals surface area contributed by atoms with Crippen LogP contribution in [0.2, 0.25) is 0 Å². The first kappa shape index (κ1) is 25.7. The van der Waals surface area contributed by atoms with Crippen molar-refractivity contribution in [3.63, 3.8) is 0 Å². The van der Waals surface area contributed by atoms with Crippen LogP contribution in [-0.4, -0.2) is 19.9 Å². The van der Waals surface area contributed by atoms with Crippen LogP contribution in [0.5, 0.6) is 0 Å². The lowest BCUT2D eigenvalue weighted by Gasteiger charge is -2.13. The van der Waals surface area contributed by atoms with E-state index in [4.69, 9.17) is 9.97 Å². The first-order valence-corrected chi connectivity index (χ1v) is 14.6. The van der Waals surface area contributed by atoms with E-state index in [9.17, 15) is 0 Å². The maximum absolute atomic E-state index is 5.17. The molecule has 0 aliphatic carbocycles. The molecule has 44 heavy (non-hydrogen) atoms. The summed E-state index contributed by atoms with van der Waals surface area (Å²) in [5, 5.41) is 3.60. The molecular weight excluding hydrogens is 536 g/mol. The van der Waals surface area contributed by atoms with E-state index >= 15 is 0 Å². The van der Waals surface area contributed by atoms with Crippen LogP contribution < -0.4 is 0 Å². The third kappa shape index (κ3) is 4.79. The molecule has 8 aromatic rings. The van der Waals surface area contributed by atoms with Crippen molar-refractivity contribution in [3.05, 3.63) is 158 Å². The van der Waals surface area contributed by atoms with Gasteiger partial charge in [-0.05, 0) is 81.6 Å². The van der Waals surface area contributed by atoms with Crippen molar-refractivity contribution in [2.75, 3.05) is 0 Å². The summed E-state index contributed by atoms with van der Waals surface area (Å²) in [5.74, 6) is 0. The van der Waals surface area contributed by atoms with E-state index in [1.54, 1.807) is 12.4 Å². The minimum atomic E-state index is 0.809. The molecule has 0 fully saturated rings. The molecule has 0 saturated heterocycles. The molecule has 0 atom stereocenters. The molecule has 0 N–H and O–H groups in total. The molecule has 0 saturated carbocycles. The second-order valence-electron chi connectivity index (χ2n) is 10.7. The van der Waals surface area contributed by atoms with Gasteiger partial charge in [0.1, 0.15) is 0 Å². The molecule has 4 heteroatoms. The molecule has 0 spiro atoms. The van der Waals surface area contributed by atoms with Crippen LogP contribution in [0.4, 0.5) is 0 Å². The molecule has 0 radical (unpaired) electrons. The van der Waals surface area contributed by atoms with Crippen molar-refractivity contribution in [3.8, 4) is 56.3 Å². The van der Waals surface area contributed by atoms with Gasteiger partial charge in [0.15, 0.2) is 0 Å². The molecule has 4 nitrogen and oxygen atoms in total. The summed E-state index contributed by atoms with van der Waals surface area (Å²) in [6.45, 7) is 0. The van der Waals surface area contributed by atoms with Crippen molar-refractivity contribution in [2.45, 2.75) is 0 Å². The summed E-state index contributed by atoms with van der Waals surface area (Å²) in [6, 6.07) is 50.2. The Morgan fingerprint density at radius 3 is 1.68 bits per heavy atom. The Morgan fingerprint density at radius 1 is 0.364 bits per heavy atom. The first-order chi connectivity index (χ1) is 21.8. The van der Waals surface area contributed by atoms with Crippen LogP contribution in [0.25, 0.3) is 78.0 Å². The zero-order valence-electron chi connectivity index (χ0n) is 23.8. The van der Waals surface area contributed by atoms with E-state index < -0.39 is 0 Å². The maximum Gasteiger partial charge on any atom is 0.0900 e. The maximum atomic E-state index is 5.17. The number of benzene rings is 4. The SMILES string of the molecule is c1ccc(-c2cc(-c3ccc(-c4cc(-c5ccccn5)nc(-c5ccccn5)c4)cc3)nc3ccc4ccccc4c23)cc1. The number of fused-ring (bicyclic) bond motifs is 3. The summed E-state index contributed by atoms with van der Waals surface area (Å²) in [4.78, 5) is 19.2. The van der Waals surface area contributed by atoms with Gasteiger partial charge in [-0.25, -0.2) is 9.97 Å². The lowest BCUT2D eigenvalue weighted by molar-refractivity contribution is 1.22. The molecule has 8 rings (SSSR count). The molecule has 0 amide bonds. The largest absolute Gasteiger partial charge is 0.255 e. The zero-order valence-corrected chi connectivity index (χ0v) is 23.8. The molecule has 4 aromatic carbocycles. The van der Waals surface area contributed by atoms with E-state index in [2.05, 4.69) is 119 Å². The molecule has 0 aliphatic heterocycles. The number of nitrogens with zero attached hydrogens (tertiary/aromatic N) is 4. The Hall–Kier alpha value is -6.00. The number of aromatic nitrogens is 4. The third-order valence-electron chi connectivity index (χ3n) is 7.98. The fourth-order valence-corrected chi connectivity index (χ4v) is 5.82. The van der Waals surface area contributed by atoms with Gasteiger partial charge >= 0.3 is 0 Å². The summed E-state index contributed by atoms with van der Waals surface area (Å²) in [6.07, 6.45) is 3.59. The minimum Gasteiger partial charge on any atom is -0.255 e. The van der Waals surface area contributed by atoms with Crippen LogP contribution in [0.15, 0.2) is 158 Å². The van der Waals surface area contributed by atoms with E-state index in [-0.39, 0.29) is 0 Å². The average molecular weight is 563 g/mol. The topological polar surface area (TPSA) is 51.6 Å². The molecular formula is C40H26N4. The van der Waals surface area contributed by atoms with Gasteiger partial charge in [-0.2, -0.15) is 0 Å². The summed E-state index contributed by atoms with van der Waals surface area (Å²) < 4.78 is 0. The number of hydrogen-bond acceptors (Lipinski definition) is 4. The molecule has 0 unspecified atom stereocenters. The zero-order chi connectivity index (χ0) is 29.3. The van der Waals surface area contributed by atoms with E-state index in [0.29, 0.717) is 0 Å². The Balaban J connectivity index is 1.25. The third-order valence-corrected chi connectivity index (χ3v) is 7.98. The van der Waals surface area contributed by atoms with Gasteiger partial charge in [-0.15, -0.1) is 0 Å². The molecule has 0 bridgehead atoms. The lowest BCUT2D eigenvalue weighted by atomic mass is 9.94. The highest BCUT2D eigenvalue weighted by atomic mass is 14.8. The Labute approximate surface area is 255 Å².